The Morgan fingerprint density at radius 2 is 1.71 bits per heavy atom. The van der Waals surface area contributed by atoms with Crippen molar-refractivity contribution < 1.29 is 14.7 Å². The Bertz CT molecular complexity index is 296. The van der Waals surface area contributed by atoms with Crippen molar-refractivity contribution in [1.29, 1.82) is 0 Å². The molecule has 0 unspecified atom stereocenters. The minimum atomic E-state index is -1.05. The van der Waals surface area contributed by atoms with E-state index in [2.05, 4.69) is 13.8 Å². The third-order valence-corrected chi connectivity index (χ3v) is 3.09. The fourth-order valence-electron chi connectivity index (χ4n) is 2.08. The third-order valence-electron chi connectivity index (χ3n) is 3.09. The molecule has 1 saturated carbocycles. The van der Waals surface area contributed by atoms with Crippen LogP contribution >= 0.6 is 0 Å². The zero-order valence-electron chi connectivity index (χ0n) is 8.54. The van der Waals surface area contributed by atoms with Crippen molar-refractivity contribution in [2.75, 3.05) is 13.1 Å². The molecule has 4 nitrogen and oxygen atoms in total. The molecule has 0 aromatic heterocycles. The van der Waals surface area contributed by atoms with Crippen molar-refractivity contribution in [1.82, 2.24) is 4.90 Å². The van der Waals surface area contributed by atoms with E-state index in [1.54, 1.807) is 4.90 Å². The summed E-state index contributed by atoms with van der Waals surface area (Å²) >= 11 is 0. The molecule has 78 valence electrons. The van der Waals surface area contributed by atoms with Crippen LogP contribution in [0, 0.1) is 10.8 Å². The minimum absolute atomic E-state index is 0.171. The summed E-state index contributed by atoms with van der Waals surface area (Å²) in [6.45, 7) is 5.55. The van der Waals surface area contributed by atoms with E-state index in [1.165, 1.54) is 0 Å². The van der Waals surface area contributed by atoms with Crippen LogP contribution in [0.15, 0.2) is 0 Å². The summed E-state index contributed by atoms with van der Waals surface area (Å²) in [4.78, 5) is 24.3. The first kappa shape index (κ1) is 9.49. The van der Waals surface area contributed by atoms with E-state index >= 15 is 0 Å². The van der Waals surface area contributed by atoms with Crippen molar-refractivity contribution in [3.05, 3.63) is 0 Å². The number of rotatable bonds is 2. The van der Waals surface area contributed by atoms with Crippen molar-refractivity contribution in [3.63, 3.8) is 0 Å². The molecule has 0 radical (unpaired) electrons. The first-order valence-electron chi connectivity index (χ1n) is 4.90. The van der Waals surface area contributed by atoms with Gasteiger partial charge in [0, 0.05) is 13.1 Å². The van der Waals surface area contributed by atoms with E-state index in [-0.39, 0.29) is 11.3 Å². The first-order valence-corrected chi connectivity index (χ1v) is 4.90. The van der Waals surface area contributed by atoms with Gasteiger partial charge in [-0.05, 0) is 18.3 Å². The van der Waals surface area contributed by atoms with Gasteiger partial charge >= 0.3 is 5.97 Å². The largest absolute Gasteiger partial charge is 0.480 e. The number of carboxylic acids is 1. The van der Waals surface area contributed by atoms with Crippen molar-refractivity contribution in [2.45, 2.75) is 26.7 Å². The second-order valence-electron chi connectivity index (χ2n) is 5.21. The number of likely N-dealkylation sites (tertiary alicyclic amines) is 1. The molecule has 2 rings (SSSR count). The van der Waals surface area contributed by atoms with E-state index in [0.29, 0.717) is 25.9 Å². The van der Waals surface area contributed by atoms with Gasteiger partial charge in [0.05, 0.1) is 0 Å². The van der Waals surface area contributed by atoms with Gasteiger partial charge in [0.2, 0.25) is 5.91 Å². The molecule has 0 bridgehead atoms. The highest BCUT2D eigenvalue weighted by atomic mass is 16.4. The smallest absolute Gasteiger partial charge is 0.319 e. The average Bonchev–Trinajstić information content (AvgIpc) is 2.78. The Labute approximate surface area is 82.9 Å². The number of nitrogens with zero attached hydrogens (tertiary/aromatic N) is 1. The molecule has 2 fully saturated rings. The number of carboxylic acid groups (broad SMARTS) is 1. The Morgan fingerprint density at radius 1 is 1.21 bits per heavy atom. The van der Waals surface area contributed by atoms with E-state index in [1.807, 2.05) is 0 Å². The predicted octanol–water partition coefficient (Wildman–Crippen LogP) is 0.720. The summed E-state index contributed by atoms with van der Waals surface area (Å²) in [5.74, 6) is -1.13. The highest BCUT2D eigenvalue weighted by Crippen LogP contribution is 2.49. The Kier molecular flexibility index (Phi) is 1.69. The molecule has 14 heavy (non-hydrogen) atoms. The van der Waals surface area contributed by atoms with Crippen LogP contribution in [0.1, 0.15) is 26.7 Å². The van der Waals surface area contributed by atoms with Crippen molar-refractivity contribution in [3.8, 4) is 0 Å². The fraction of sp³-hybridized carbons (Fsp3) is 0.800. The number of carbonyl (C=O) groups is 2. The van der Waals surface area contributed by atoms with E-state index in [4.69, 9.17) is 5.11 Å². The molecule has 1 saturated heterocycles. The third kappa shape index (κ3) is 1.21. The molecule has 0 spiro atoms. The van der Waals surface area contributed by atoms with Crippen LogP contribution in [-0.2, 0) is 9.59 Å². The monoisotopic (exact) mass is 197 g/mol. The first-order chi connectivity index (χ1) is 6.37. The van der Waals surface area contributed by atoms with Crippen LogP contribution in [0.5, 0.6) is 0 Å². The second-order valence-corrected chi connectivity index (χ2v) is 5.21. The van der Waals surface area contributed by atoms with Gasteiger partial charge in [-0.1, -0.05) is 13.8 Å². The van der Waals surface area contributed by atoms with Crippen LogP contribution in [-0.4, -0.2) is 35.0 Å². The molecule has 0 aromatic carbocycles. The minimum Gasteiger partial charge on any atom is -0.480 e. The second kappa shape index (κ2) is 2.49. The highest BCUT2D eigenvalue weighted by molar-refractivity contribution is 6.05. The predicted molar refractivity (Wildman–Crippen MR) is 49.7 cm³/mol. The summed E-state index contributed by atoms with van der Waals surface area (Å²) in [5, 5.41) is 8.93. The standard InChI is InChI=1S/C10H15NO3/c1-9(2)5-11(6-9)7(12)10(3-4-10)8(13)14/h3-6H2,1-2H3,(H,13,14). The van der Waals surface area contributed by atoms with Gasteiger partial charge < -0.3 is 10.0 Å². The van der Waals surface area contributed by atoms with Crippen LogP contribution in [0.25, 0.3) is 0 Å². The van der Waals surface area contributed by atoms with Crippen molar-refractivity contribution in [2.24, 2.45) is 10.8 Å². The number of aliphatic carboxylic acids is 1. The van der Waals surface area contributed by atoms with E-state index < -0.39 is 11.4 Å². The van der Waals surface area contributed by atoms with Gasteiger partial charge in [0.25, 0.3) is 0 Å². The van der Waals surface area contributed by atoms with Crippen LogP contribution < -0.4 is 0 Å². The molecule has 4 heteroatoms. The van der Waals surface area contributed by atoms with Gasteiger partial charge in [0.1, 0.15) is 5.41 Å². The summed E-state index contributed by atoms with van der Waals surface area (Å²) in [6.07, 6.45) is 1.02. The zero-order valence-corrected chi connectivity index (χ0v) is 8.54. The van der Waals surface area contributed by atoms with Gasteiger partial charge in [0.15, 0.2) is 0 Å². The van der Waals surface area contributed by atoms with Gasteiger partial charge in [-0.2, -0.15) is 0 Å². The Balaban J connectivity index is 2.01. The molecule has 0 aromatic rings. The lowest BCUT2D eigenvalue weighted by atomic mass is 9.83. The molecule has 2 aliphatic rings. The summed E-state index contributed by atoms with van der Waals surface area (Å²) in [7, 11) is 0. The fourth-order valence-corrected chi connectivity index (χ4v) is 2.08. The lowest BCUT2D eigenvalue weighted by Gasteiger charge is -2.46. The molecular weight excluding hydrogens is 182 g/mol. The van der Waals surface area contributed by atoms with Crippen LogP contribution in [0.2, 0.25) is 0 Å². The van der Waals surface area contributed by atoms with Crippen LogP contribution in [0.3, 0.4) is 0 Å². The number of carbonyl (C=O) groups excluding carboxylic acids is 1. The molecule has 1 heterocycles. The maximum atomic E-state index is 11.8. The van der Waals surface area contributed by atoms with Crippen molar-refractivity contribution >= 4 is 11.9 Å². The maximum Gasteiger partial charge on any atom is 0.319 e. The zero-order chi connectivity index (χ0) is 10.6. The van der Waals surface area contributed by atoms with E-state index in [0.717, 1.165) is 0 Å². The van der Waals surface area contributed by atoms with Crippen LogP contribution in [0.4, 0.5) is 0 Å². The lowest BCUT2D eigenvalue weighted by Crippen LogP contribution is -2.58. The van der Waals surface area contributed by atoms with Gasteiger partial charge in [-0.25, -0.2) is 0 Å². The van der Waals surface area contributed by atoms with Gasteiger partial charge in [-0.3, -0.25) is 9.59 Å². The number of hydrogen-bond acceptors (Lipinski definition) is 2. The Morgan fingerprint density at radius 3 is 2.00 bits per heavy atom. The summed E-state index contributed by atoms with van der Waals surface area (Å²) in [5.41, 5.74) is -0.874. The molecular formula is C10H15NO3. The molecule has 1 aliphatic carbocycles. The molecule has 1 aliphatic heterocycles. The molecule has 0 atom stereocenters. The highest BCUT2D eigenvalue weighted by Gasteiger charge is 2.60. The molecule has 1 N–H and O–H groups in total. The lowest BCUT2D eigenvalue weighted by molar-refractivity contribution is -0.159. The quantitative estimate of drug-likeness (QED) is 0.663. The Hall–Kier alpha value is -1.06. The summed E-state index contributed by atoms with van der Waals surface area (Å²) < 4.78 is 0. The normalized spacial score (nSPS) is 26.6. The van der Waals surface area contributed by atoms with E-state index in [9.17, 15) is 9.59 Å². The topological polar surface area (TPSA) is 57.6 Å². The number of hydrogen-bond donors (Lipinski definition) is 1. The summed E-state index contributed by atoms with van der Waals surface area (Å²) in [6, 6.07) is 0. The SMILES string of the molecule is CC1(C)CN(C(=O)C2(C(=O)O)CC2)C1. The number of amides is 1. The average molecular weight is 197 g/mol. The maximum absolute atomic E-state index is 11.8. The molecule has 1 amide bonds. The van der Waals surface area contributed by atoms with Gasteiger partial charge in [-0.15, -0.1) is 0 Å².